The SMILES string of the molecule is CCCCCCCCCCCCNC(=O)C[n+]1cccc(C(=O)Nc2ccc(Cl)cc2)c1.Cl. The molecule has 1 aromatic carbocycles. The number of hydrogen-bond acceptors (Lipinski definition) is 2. The van der Waals surface area contributed by atoms with Crippen molar-refractivity contribution >= 4 is 41.5 Å². The summed E-state index contributed by atoms with van der Waals surface area (Å²) in [6.07, 6.45) is 16.3. The molecule has 0 radical (unpaired) electrons. The molecule has 2 aromatic rings. The second kappa shape index (κ2) is 17.4. The van der Waals surface area contributed by atoms with Crippen molar-refractivity contribution in [1.29, 1.82) is 0 Å². The van der Waals surface area contributed by atoms with E-state index < -0.39 is 0 Å². The van der Waals surface area contributed by atoms with Crippen LogP contribution in [0.15, 0.2) is 48.8 Å². The Morgan fingerprint density at radius 1 is 0.879 bits per heavy atom. The first-order chi connectivity index (χ1) is 15.6. The summed E-state index contributed by atoms with van der Waals surface area (Å²) in [5.41, 5.74) is 1.16. The Bertz CT molecular complexity index is 829. The van der Waals surface area contributed by atoms with Crippen molar-refractivity contribution in [3.05, 3.63) is 59.4 Å². The molecule has 1 heterocycles. The van der Waals surface area contributed by atoms with E-state index in [0.717, 1.165) is 12.8 Å². The van der Waals surface area contributed by atoms with Gasteiger partial charge < -0.3 is 10.6 Å². The standard InChI is InChI=1S/C26H36ClN3O2.ClH/c1-2-3-4-5-6-7-8-9-10-11-18-28-25(31)21-30-19-12-13-22(20-30)26(32)29-24-16-14-23(27)15-17-24;/h12-17,19-20H,2-11,18,21H2,1H3,(H-,28,29,31,32);1H/p+1. The lowest BCUT2D eigenvalue weighted by molar-refractivity contribution is -0.684. The number of carbonyl (C=O) groups is 2. The predicted molar refractivity (Wildman–Crippen MR) is 138 cm³/mol. The quantitative estimate of drug-likeness (QED) is 0.224. The fourth-order valence-corrected chi connectivity index (χ4v) is 3.68. The lowest BCUT2D eigenvalue weighted by Crippen LogP contribution is -2.43. The maximum atomic E-state index is 12.5. The van der Waals surface area contributed by atoms with Crippen molar-refractivity contribution in [2.75, 3.05) is 11.9 Å². The van der Waals surface area contributed by atoms with Crippen LogP contribution in [-0.4, -0.2) is 18.4 Å². The van der Waals surface area contributed by atoms with E-state index in [1.165, 1.54) is 51.4 Å². The van der Waals surface area contributed by atoms with Crippen molar-refractivity contribution in [3.63, 3.8) is 0 Å². The minimum absolute atomic E-state index is 0. The third-order valence-electron chi connectivity index (χ3n) is 5.40. The van der Waals surface area contributed by atoms with Gasteiger partial charge in [-0.1, -0.05) is 76.3 Å². The molecule has 7 heteroatoms. The van der Waals surface area contributed by atoms with E-state index in [1.807, 2.05) is 0 Å². The molecule has 0 spiro atoms. The lowest BCUT2D eigenvalue weighted by atomic mass is 10.1. The number of carbonyl (C=O) groups excluding carboxylic acids is 2. The smallest absolute Gasteiger partial charge is 0.285 e. The molecule has 182 valence electrons. The molecule has 2 amide bonds. The first-order valence-corrected chi connectivity index (χ1v) is 12.3. The largest absolute Gasteiger partial charge is 0.351 e. The predicted octanol–water partition coefficient (Wildman–Crippen LogP) is 6.34. The number of aromatic nitrogens is 1. The summed E-state index contributed by atoms with van der Waals surface area (Å²) < 4.78 is 1.73. The van der Waals surface area contributed by atoms with E-state index in [9.17, 15) is 9.59 Å². The van der Waals surface area contributed by atoms with Crippen LogP contribution in [0, 0.1) is 0 Å². The average molecular weight is 496 g/mol. The fourth-order valence-electron chi connectivity index (χ4n) is 3.55. The number of rotatable bonds is 15. The van der Waals surface area contributed by atoms with Gasteiger partial charge in [-0.15, -0.1) is 12.4 Å². The molecule has 0 saturated carbocycles. The number of nitrogens with zero attached hydrogens (tertiary/aromatic N) is 1. The summed E-state index contributed by atoms with van der Waals surface area (Å²) in [7, 11) is 0. The topological polar surface area (TPSA) is 62.1 Å². The first-order valence-electron chi connectivity index (χ1n) is 11.9. The molecule has 0 bridgehead atoms. The van der Waals surface area contributed by atoms with Gasteiger partial charge in [0.15, 0.2) is 12.4 Å². The van der Waals surface area contributed by atoms with Gasteiger partial charge in [-0.05, 0) is 36.8 Å². The molecule has 0 unspecified atom stereocenters. The number of amides is 2. The van der Waals surface area contributed by atoms with Gasteiger partial charge in [0.25, 0.3) is 11.8 Å². The van der Waals surface area contributed by atoms with Gasteiger partial charge in [0.05, 0.1) is 0 Å². The minimum atomic E-state index is -0.229. The minimum Gasteiger partial charge on any atom is -0.351 e. The molecule has 5 nitrogen and oxygen atoms in total. The van der Waals surface area contributed by atoms with Crippen molar-refractivity contribution in [2.45, 2.75) is 77.7 Å². The molecule has 0 aliphatic rings. The van der Waals surface area contributed by atoms with Crippen LogP contribution in [0.3, 0.4) is 0 Å². The number of pyridine rings is 1. The second-order valence-corrected chi connectivity index (χ2v) is 8.69. The summed E-state index contributed by atoms with van der Waals surface area (Å²) in [4.78, 5) is 24.7. The third-order valence-corrected chi connectivity index (χ3v) is 5.65. The third kappa shape index (κ3) is 12.6. The number of hydrogen-bond donors (Lipinski definition) is 2. The van der Waals surface area contributed by atoms with Gasteiger partial charge in [-0.3, -0.25) is 9.59 Å². The van der Waals surface area contributed by atoms with E-state index in [-0.39, 0.29) is 30.8 Å². The molecule has 0 fully saturated rings. The Balaban J connectivity index is 0.00000544. The highest BCUT2D eigenvalue weighted by Crippen LogP contribution is 2.14. The Kier molecular flexibility index (Phi) is 15.2. The zero-order chi connectivity index (χ0) is 23.0. The van der Waals surface area contributed by atoms with Crippen molar-refractivity contribution in [2.24, 2.45) is 0 Å². The number of benzene rings is 1. The Hall–Kier alpha value is -2.11. The molecular weight excluding hydrogens is 457 g/mol. The maximum Gasteiger partial charge on any atom is 0.285 e. The van der Waals surface area contributed by atoms with E-state index >= 15 is 0 Å². The molecule has 2 rings (SSSR count). The highest BCUT2D eigenvalue weighted by atomic mass is 35.5. The number of halogens is 2. The van der Waals surface area contributed by atoms with Crippen LogP contribution in [0.2, 0.25) is 5.02 Å². The summed E-state index contributed by atoms with van der Waals surface area (Å²) in [6, 6.07) is 10.4. The lowest BCUT2D eigenvalue weighted by Gasteiger charge is -2.06. The summed E-state index contributed by atoms with van der Waals surface area (Å²) in [5, 5.41) is 6.42. The molecule has 0 atom stereocenters. The average Bonchev–Trinajstić information content (AvgIpc) is 2.79. The number of nitrogens with one attached hydrogen (secondary N) is 2. The molecule has 0 aliphatic heterocycles. The summed E-state index contributed by atoms with van der Waals surface area (Å²) in [5.74, 6) is -0.270. The normalized spacial score (nSPS) is 10.4. The van der Waals surface area contributed by atoms with Crippen molar-refractivity contribution in [3.8, 4) is 0 Å². The van der Waals surface area contributed by atoms with Crippen LogP contribution >= 0.6 is 24.0 Å². The van der Waals surface area contributed by atoms with Gasteiger partial charge in [0.2, 0.25) is 6.54 Å². The van der Waals surface area contributed by atoms with Gasteiger partial charge in [-0.25, -0.2) is 0 Å². The highest BCUT2D eigenvalue weighted by Gasteiger charge is 2.14. The Morgan fingerprint density at radius 3 is 2.12 bits per heavy atom. The summed E-state index contributed by atoms with van der Waals surface area (Å²) in [6.45, 7) is 3.14. The number of unbranched alkanes of at least 4 members (excludes halogenated alkanes) is 9. The van der Waals surface area contributed by atoms with Crippen LogP contribution < -0.4 is 15.2 Å². The molecule has 2 N–H and O–H groups in total. The zero-order valence-corrected chi connectivity index (χ0v) is 21.2. The van der Waals surface area contributed by atoms with Crippen LogP contribution in [0.1, 0.15) is 81.5 Å². The molecule has 0 aliphatic carbocycles. The van der Waals surface area contributed by atoms with E-state index in [0.29, 0.717) is 22.8 Å². The van der Waals surface area contributed by atoms with Gasteiger partial charge in [0.1, 0.15) is 5.56 Å². The molecule has 1 aromatic heterocycles. The van der Waals surface area contributed by atoms with E-state index in [1.54, 1.807) is 53.4 Å². The van der Waals surface area contributed by atoms with Crippen molar-refractivity contribution < 1.29 is 14.2 Å². The molecule has 0 saturated heterocycles. The maximum absolute atomic E-state index is 12.5. The van der Waals surface area contributed by atoms with Gasteiger partial charge >= 0.3 is 0 Å². The van der Waals surface area contributed by atoms with Crippen LogP contribution in [0.4, 0.5) is 5.69 Å². The second-order valence-electron chi connectivity index (χ2n) is 8.26. The summed E-state index contributed by atoms with van der Waals surface area (Å²) >= 11 is 5.87. The number of anilines is 1. The fraction of sp³-hybridized carbons (Fsp3) is 0.500. The van der Waals surface area contributed by atoms with Crippen molar-refractivity contribution in [1.82, 2.24) is 5.32 Å². The van der Waals surface area contributed by atoms with E-state index in [4.69, 9.17) is 11.6 Å². The highest BCUT2D eigenvalue weighted by molar-refractivity contribution is 6.30. The monoisotopic (exact) mass is 494 g/mol. The molecule has 33 heavy (non-hydrogen) atoms. The molecular formula is C26H38Cl2N3O2+. The Morgan fingerprint density at radius 2 is 1.48 bits per heavy atom. The van der Waals surface area contributed by atoms with Crippen LogP contribution in [0.5, 0.6) is 0 Å². The van der Waals surface area contributed by atoms with Gasteiger partial charge in [0, 0.05) is 23.3 Å². The van der Waals surface area contributed by atoms with Crippen LogP contribution in [-0.2, 0) is 11.3 Å². The zero-order valence-electron chi connectivity index (χ0n) is 19.7. The Labute approximate surface area is 209 Å². The van der Waals surface area contributed by atoms with E-state index in [2.05, 4.69) is 17.6 Å². The first kappa shape index (κ1) is 28.9. The van der Waals surface area contributed by atoms with Gasteiger partial charge in [-0.2, -0.15) is 4.57 Å². The van der Waals surface area contributed by atoms with Crippen LogP contribution in [0.25, 0.3) is 0 Å².